The first-order chi connectivity index (χ1) is 7.65. The van der Waals surface area contributed by atoms with Crippen LogP contribution in [0.4, 0.5) is 0 Å². The van der Waals surface area contributed by atoms with E-state index in [9.17, 15) is 9.59 Å². The van der Waals surface area contributed by atoms with Gasteiger partial charge in [0.15, 0.2) is 0 Å². The van der Waals surface area contributed by atoms with Crippen molar-refractivity contribution >= 4 is 23.3 Å². The summed E-state index contributed by atoms with van der Waals surface area (Å²) in [6.45, 7) is 3.04. The topological polar surface area (TPSA) is 59.5 Å². The SMILES string of the molecule is CC(CN1CC(=O)OC(=O)C1)c1nccs1. The van der Waals surface area contributed by atoms with Crippen molar-refractivity contribution in [1.29, 1.82) is 0 Å². The molecule has 0 aromatic carbocycles. The minimum atomic E-state index is -0.470. The summed E-state index contributed by atoms with van der Waals surface area (Å²) in [5, 5.41) is 2.94. The van der Waals surface area contributed by atoms with Crippen LogP contribution in [0, 0.1) is 0 Å². The molecule has 2 rings (SSSR count). The number of cyclic esters (lactones) is 2. The number of esters is 2. The Morgan fingerprint density at radius 1 is 1.50 bits per heavy atom. The molecule has 0 amide bonds. The first-order valence-electron chi connectivity index (χ1n) is 5.00. The molecule has 1 aromatic rings. The van der Waals surface area contributed by atoms with Crippen LogP contribution >= 0.6 is 11.3 Å². The number of ether oxygens (including phenoxy) is 1. The molecule has 0 aliphatic carbocycles. The number of carbonyl (C=O) groups is 2. The largest absolute Gasteiger partial charge is 0.391 e. The van der Waals surface area contributed by atoms with E-state index in [1.807, 2.05) is 12.3 Å². The monoisotopic (exact) mass is 240 g/mol. The van der Waals surface area contributed by atoms with E-state index in [0.717, 1.165) is 5.01 Å². The van der Waals surface area contributed by atoms with Gasteiger partial charge in [-0.1, -0.05) is 6.92 Å². The molecule has 16 heavy (non-hydrogen) atoms. The summed E-state index contributed by atoms with van der Waals surface area (Å²) in [6, 6.07) is 0. The summed E-state index contributed by atoms with van der Waals surface area (Å²) in [5.74, 6) is -0.719. The first-order valence-corrected chi connectivity index (χ1v) is 5.88. The zero-order valence-electron chi connectivity index (χ0n) is 8.88. The number of aromatic nitrogens is 1. The highest BCUT2D eigenvalue weighted by Crippen LogP contribution is 2.19. The molecular weight excluding hydrogens is 228 g/mol. The van der Waals surface area contributed by atoms with E-state index in [-0.39, 0.29) is 19.0 Å². The summed E-state index contributed by atoms with van der Waals surface area (Å²) in [6.07, 6.45) is 1.76. The first kappa shape index (κ1) is 11.2. The molecule has 0 radical (unpaired) electrons. The van der Waals surface area contributed by atoms with Gasteiger partial charge in [0.05, 0.1) is 18.1 Å². The van der Waals surface area contributed by atoms with Crippen LogP contribution in [0.25, 0.3) is 0 Å². The summed E-state index contributed by atoms with van der Waals surface area (Å²) in [5.41, 5.74) is 0. The van der Waals surface area contributed by atoms with E-state index in [1.165, 1.54) is 0 Å². The van der Waals surface area contributed by atoms with Gasteiger partial charge in [0.2, 0.25) is 0 Å². The van der Waals surface area contributed by atoms with Gasteiger partial charge in [-0.15, -0.1) is 11.3 Å². The molecule has 2 heterocycles. The summed E-state index contributed by atoms with van der Waals surface area (Å²) in [4.78, 5) is 28.1. The van der Waals surface area contributed by atoms with Gasteiger partial charge in [0.25, 0.3) is 0 Å². The fourth-order valence-electron chi connectivity index (χ4n) is 1.68. The third-order valence-electron chi connectivity index (χ3n) is 2.34. The van der Waals surface area contributed by atoms with Gasteiger partial charge >= 0.3 is 11.9 Å². The van der Waals surface area contributed by atoms with Gasteiger partial charge in [-0.25, -0.2) is 4.98 Å². The molecule has 1 atom stereocenters. The van der Waals surface area contributed by atoms with Crippen molar-refractivity contribution in [2.75, 3.05) is 19.6 Å². The second-order valence-corrected chi connectivity index (χ2v) is 4.71. The molecule has 1 aliphatic rings. The van der Waals surface area contributed by atoms with E-state index in [0.29, 0.717) is 6.54 Å². The lowest BCUT2D eigenvalue weighted by atomic mass is 10.1. The lowest BCUT2D eigenvalue weighted by molar-refractivity contribution is -0.166. The molecule has 0 bridgehead atoms. The van der Waals surface area contributed by atoms with Gasteiger partial charge in [-0.2, -0.15) is 0 Å². The number of hydrogen-bond donors (Lipinski definition) is 0. The maximum Gasteiger partial charge on any atom is 0.327 e. The lowest BCUT2D eigenvalue weighted by Crippen LogP contribution is -2.44. The van der Waals surface area contributed by atoms with Crippen molar-refractivity contribution < 1.29 is 14.3 Å². The highest BCUT2D eigenvalue weighted by Gasteiger charge is 2.26. The van der Waals surface area contributed by atoms with Crippen LogP contribution in [0.3, 0.4) is 0 Å². The molecule has 5 nitrogen and oxygen atoms in total. The molecule has 1 saturated heterocycles. The molecule has 0 spiro atoms. The van der Waals surface area contributed by atoms with Crippen LogP contribution in [0.2, 0.25) is 0 Å². The predicted molar refractivity (Wildman–Crippen MR) is 58.1 cm³/mol. The van der Waals surface area contributed by atoms with Crippen molar-refractivity contribution in [2.24, 2.45) is 0 Å². The van der Waals surface area contributed by atoms with Crippen LogP contribution < -0.4 is 0 Å². The zero-order chi connectivity index (χ0) is 11.5. The highest BCUT2D eigenvalue weighted by molar-refractivity contribution is 7.09. The second kappa shape index (κ2) is 4.71. The van der Waals surface area contributed by atoms with E-state index < -0.39 is 11.9 Å². The van der Waals surface area contributed by atoms with Crippen molar-refractivity contribution in [1.82, 2.24) is 9.88 Å². The van der Waals surface area contributed by atoms with Crippen LogP contribution in [-0.4, -0.2) is 41.5 Å². The van der Waals surface area contributed by atoms with E-state index in [2.05, 4.69) is 9.72 Å². The molecule has 1 fully saturated rings. The Labute approximate surface area is 97.0 Å². The minimum absolute atomic E-state index is 0.182. The van der Waals surface area contributed by atoms with Crippen LogP contribution in [-0.2, 0) is 14.3 Å². The molecule has 86 valence electrons. The third-order valence-corrected chi connectivity index (χ3v) is 3.35. The molecule has 1 aliphatic heterocycles. The van der Waals surface area contributed by atoms with Crippen molar-refractivity contribution in [2.45, 2.75) is 12.8 Å². The Morgan fingerprint density at radius 3 is 2.75 bits per heavy atom. The van der Waals surface area contributed by atoms with Gasteiger partial charge < -0.3 is 4.74 Å². The maximum absolute atomic E-state index is 11.1. The number of carbonyl (C=O) groups excluding carboxylic acids is 2. The van der Waals surface area contributed by atoms with Crippen molar-refractivity contribution in [3.05, 3.63) is 16.6 Å². The molecule has 1 aromatic heterocycles. The Kier molecular flexibility index (Phi) is 3.31. The Hall–Kier alpha value is -1.27. The number of nitrogens with zero attached hydrogens (tertiary/aromatic N) is 2. The predicted octanol–water partition coefficient (Wildman–Crippen LogP) is 0.632. The molecule has 1 unspecified atom stereocenters. The summed E-state index contributed by atoms with van der Waals surface area (Å²) >= 11 is 1.58. The van der Waals surface area contributed by atoms with Crippen molar-refractivity contribution in [3.8, 4) is 0 Å². The van der Waals surface area contributed by atoms with Crippen LogP contribution in [0.15, 0.2) is 11.6 Å². The van der Waals surface area contributed by atoms with Gasteiger partial charge in [0, 0.05) is 24.0 Å². The van der Waals surface area contributed by atoms with E-state index >= 15 is 0 Å². The quantitative estimate of drug-likeness (QED) is 0.573. The fourth-order valence-corrected chi connectivity index (χ4v) is 2.37. The summed E-state index contributed by atoms with van der Waals surface area (Å²) < 4.78 is 4.46. The third kappa shape index (κ3) is 2.65. The number of morpholine rings is 1. The second-order valence-electron chi connectivity index (χ2n) is 3.79. The van der Waals surface area contributed by atoms with Crippen LogP contribution in [0.5, 0.6) is 0 Å². The van der Waals surface area contributed by atoms with Crippen LogP contribution in [0.1, 0.15) is 17.8 Å². The van der Waals surface area contributed by atoms with Crippen molar-refractivity contribution in [3.63, 3.8) is 0 Å². The zero-order valence-corrected chi connectivity index (χ0v) is 9.70. The smallest absolute Gasteiger partial charge is 0.327 e. The number of hydrogen-bond acceptors (Lipinski definition) is 6. The molecular formula is C10H12N2O3S. The molecule has 6 heteroatoms. The fraction of sp³-hybridized carbons (Fsp3) is 0.500. The van der Waals surface area contributed by atoms with Gasteiger partial charge in [0.1, 0.15) is 0 Å². The maximum atomic E-state index is 11.1. The average molecular weight is 240 g/mol. The molecule has 0 saturated carbocycles. The van der Waals surface area contributed by atoms with E-state index in [1.54, 1.807) is 22.4 Å². The Morgan fingerprint density at radius 2 is 2.19 bits per heavy atom. The summed E-state index contributed by atoms with van der Waals surface area (Å²) in [7, 11) is 0. The van der Waals surface area contributed by atoms with Gasteiger partial charge in [-0.05, 0) is 0 Å². The standard InChI is InChI=1S/C10H12N2O3S/c1-7(10-11-2-3-16-10)4-12-5-8(13)15-9(14)6-12/h2-3,7H,4-6H2,1H3. The van der Waals surface area contributed by atoms with Gasteiger partial charge in [-0.3, -0.25) is 14.5 Å². The normalized spacial score (nSPS) is 19.6. The minimum Gasteiger partial charge on any atom is -0.391 e. The highest BCUT2D eigenvalue weighted by atomic mass is 32.1. The average Bonchev–Trinajstić information content (AvgIpc) is 2.68. The van der Waals surface area contributed by atoms with E-state index in [4.69, 9.17) is 0 Å². The Balaban J connectivity index is 1.94. The number of rotatable bonds is 3. The lowest BCUT2D eigenvalue weighted by Gasteiger charge is -2.26. The Bertz CT molecular complexity index is 375. The number of thiazole rings is 1. The molecule has 0 N–H and O–H groups in total.